The number of nitrogens with zero attached hydrogens (tertiary/aromatic N) is 2. The highest BCUT2D eigenvalue weighted by Crippen LogP contribution is 2.24. The number of aromatic nitrogens is 1. The number of anilines is 1. The molecule has 15 heavy (non-hydrogen) atoms. The second-order valence-electron chi connectivity index (χ2n) is 4.04. The van der Waals surface area contributed by atoms with E-state index in [1.54, 1.807) is 0 Å². The minimum absolute atomic E-state index is 0.272. The van der Waals surface area contributed by atoms with E-state index in [2.05, 4.69) is 16.0 Å². The van der Waals surface area contributed by atoms with Gasteiger partial charge >= 0.3 is 0 Å². The third kappa shape index (κ3) is 2.48. The summed E-state index contributed by atoms with van der Waals surface area (Å²) in [7, 11) is 0. The zero-order valence-electron chi connectivity index (χ0n) is 8.97. The van der Waals surface area contributed by atoms with Crippen molar-refractivity contribution in [3.63, 3.8) is 0 Å². The van der Waals surface area contributed by atoms with E-state index in [1.165, 1.54) is 19.3 Å². The monoisotopic (exact) mass is 206 g/mol. The normalized spacial score (nSPS) is 21.7. The van der Waals surface area contributed by atoms with Gasteiger partial charge in [-0.05, 0) is 37.8 Å². The van der Waals surface area contributed by atoms with Gasteiger partial charge < -0.3 is 10.0 Å². The highest BCUT2D eigenvalue weighted by atomic mass is 16.3. The number of rotatable bonds is 3. The van der Waals surface area contributed by atoms with Crippen molar-refractivity contribution < 1.29 is 5.11 Å². The Labute approximate surface area is 90.8 Å². The van der Waals surface area contributed by atoms with Crippen LogP contribution in [0.5, 0.6) is 0 Å². The van der Waals surface area contributed by atoms with Crippen LogP contribution in [0.15, 0.2) is 24.4 Å². The van der Waals surface area contributed by atoms with Crippen LogP contribution in [0.1, 0.15) is 25.7 Å². The number of pyridine rings is 1. The Bertz CT molecular complexity index is 287. The Morgan fingerprint density at radius 2 is 2.33 bits per heavy atom. The highest BCUT2D eigenvalue weighted by Gasteiger charge is 2.22. The van der Waals surface area contributed by atoms with E-state index in [0.29, 0.717) is 6.04 Å². The predicted octanol–water partition coefficient (Wildman–Crippen LogP) is 1.82. The van der Waals surface area contributed by atoms with Crippen LogP contribution < -0.4 is 4.90 Å². The first kappa shape index (κ1) is 10.4. The van der Waals surface area contributed by atoms with Gasteiger partial charge in [0.1, 0.15) is 5.82 Å². The molecule has 3 nitrogen and oxygen atoms in total. The lowest BCUT2D eigenvalue weighted by molar-refractivity contribution is 0.262. The van der Waals surface area contributed by atoms with Crippen molar-refractivity contribution in [1.82, 2.24) is 4.98 Å². The van der Waals surface area contributed by atoms with Gasteiger partial charge in [0.25, 0.3) is 0 Å². The largest absolute Gasteiger partial charge is 0.396 e. The molecule has 1 aliphatic rings. The van der Waals surface area contributed by atoms with E-state index in [1.807, 2.05) is 18.3 Å². The second-order valence-corrected chi connectivity index (χ2v) is 4.04. The number of hydrogen-bond acceptors (Lipinski definition) is 3. The van der Waals surface area contributed by atoms with E-state index in [9.17, 15) is 0 Å². The minimum Gasteiger partial charge on any atom is -0.396 e. The van der Waals surface area contributed by atoms with E-state index < -0.39 is 0 Å². The first-order chi connectivity index (χ1) is 7.42. The molecule has 1 atom stereocenters. The molecule has 3 heteroatoms. The Hall–Kier alpha value is -1.09. The van der Waals surface area contributed by atoms with E-state index in [4.69, 9.17) is 5.11 Å². The van der Waals surface area contributed by atoms with Crippen LogP contribution in [0.3, 0.4) is 0 Å². The van der Waals surface area contributed by atoms with E-state index >= 15 is 0 Å². The molecule has 2 heterocycles. The number of aliphatic hydroxyl groups excluding tert-OH is 1. The Kier molecular flexibility index (Phi) is 3.56. The Morgan fingerprint density at radius 1 is 1.40 bits per heavy atom. The molecule has 1 saturated heterocycles. The van der Waals surface area contributed by atoms with Crippen LogP contribution in [0.4, 0.5) is 5.82 Å². The number of hydrogen-bond donors (Lipinski definition) is 1. The molecule has 2 rings (SSSR count). The van der Waals surface area contributed by atoms with Gasteiger partial charge in [-0.1, -0.05) is 6.07 Å². The summed E-state index contributed by atoms with van der Waals surface area (Å²) in [5.41, 5.74) is 0. The molecule has 1 aromatic rings. The van der Waals surface area contributed by atoms with E-state index in [0.717, 1.165) is 18.8 Å². The molecule has 1 unspecified atom stereocenters. The molecular formula is C12H18N2O. The Balaban J connectivity index is 2.11. The minimum atomic E-state index is 0.272. The predicted molar refractivity (Wildman–Crippen MR) is 60.9 cm³/mol. The van der Waals surface area contributed by atoms with Crippen LogP contribution in [0, 0.1) is 0 Å². The summed E-state index contributed by atoms with van der Waals surface area (Å²) >= 11 is 0. The van der Waals surface area contributed by atoms with Crippen LogP contribution in [-0.4, -0.2) is 29.3 Å². The summed E-state index contributed by atoms with van der Waals surface area (Å²) in [5, 5.41) is 9.04. The first-order valence-corrected chi connectivity index (χ1v) is 5.70. The first-order valence-electron chi connectivity index (χ1n) is 5.70. The quantitative estimate of drug-likeness (QED) is 0.819. The number of aliphatic hydroxyl groups is 1. The summed E-state index contributed by atoms with van der Waals surface area (Å²) in [6.45, 7) is 1.34. The maximum atomic E-state index is 9.04. The molecule has 1 fully saturated rings. The molecule has 0 aliphatic carbocycles. The van der Waals surface area contributed by atoms with Crippen molar-refractivity contribution in [2.24, 2.45) is 0 Å². The molecule has 0 amide bonds. The molecule has 1 aromatic heterocycles. The van der Waals surface area contributed by atoms with Gasteiger partial charge in [-0.25, -0.2) is 4.98 Å². The van der Waals surface area contributed by atoms with Crippen LogP contribution in [0.25, 0.3) is 0 Å². The highest BCUT2D eigenvalue weighted by molar-refractivity contribution is 5.39. The van der Waals surface area contributed by atoms with Gasteiger partial charge in [0.15, 0.2) is 0 Å². The van der Waals surface area contributed by atoms with E-state index in [-0.39, 0.29) is 6.61 Å². The van der Waals surface area contributed by atoms with Crippen molar-refractivity contribution in [3.05, 3.63) is 24.4 Å². The fraction of sp³-hybridized carbons (Fsp3) is 0.583. The fourth-order valence-electron chi connectivity index (χ4n) is 2.27. The van der Waals surface area contributed by atoms with Gasteiger partial charge in [-0.3, -0.25) is 0 Å². The second kappa shape index (κ2) is 5.12. The van der Waals surface area contributed by atoms with Crippen molar-refractivity contribution in [2.45, 2.75) is 31.7 Å². The fourth-order valence-corrected chi connectivity index (χ4v) is 2.27. The standard InChI is InChI=1S/C12H18N2O/c15-10-7-11-5-2-4-9-14(11)12-6-1-3-8-13-12/h1,3,6,8,11,15H,2,4-5,7,9-10H2. The molecular weight excluding hydrogens is 188 g/mol. The Morgan fingerprint density at radius 3 is 3.07 bits per heavy atom. The van der Waals surface area contributed by atoms with Gasteiger partial charge in [-0.2, -0.15) is 0 Å². The van der Waals surface area contributed by atoms with Crippen molar-refractivity contribution in [2.75, 3.05) is 18.1 Å². The zero-order chi connectivity index (χ0) is 10.5. The van der Waals surface area contributed by atoms with Crippen molar-refractivity contribution >= 4 is 5.82 Å². The summed E-state index contributed by atoms with van der Waals surface area (Å²) in [6.07, 6.45) is 6.38. The average Bonchev–Trinajstić information content (AvgIpc) is 2.31. The van der Waals surface area contributed by atoms with Crippen molar-refractivity contribution in [3.8, 4) is 0 Å². The smallest absolute Gasteiger partial charge is 0.128 e. The van der Waals surface area contributed by atoms with Gasteiger partial charge in [-0.15, -0.1) is 0 Å². The molecule has 0 saturated carbocycles. The zero-order valence-corrected chi connectivity index (χ0v) is 8.97. The average molecular weight is 206 g/mol. The summed E-state index contributed by atoms with van der Waals surface area (Å²) in [6, 6.07) is 6.48. The number of piperidine rings is 1. The molecule has 1 aliphatic heterocycles. The molecule has 0 spiro atoms. The summed E-state index contributed by atoms with van der Waals surface area (Å²) in [4.78, 5) is 6.71. The third-order valence-electron chi connectivity index (χ3n) is 3.03. The van der Waals surface area contributed by atoms with Gasteiger partial charge in [0.2, 0.25) is 0 Å². The topological polar surface area (TPSA) is 36.4 Å². The maximum Gasteiger partial charge on any atom is 0.128 e. The molecule has 0 aromatic carbocycles. The third-order valence-corrected chi connectivity index (χ3v) is 3.03. The van der Waals surface area contributed by atoms with Crippen LogP contribution >= 0.6 is 0 Å². The summed E-state index contributed by atoms with van der Waals surface area (Å²) in [5.74, 6) is 1.05. The van der Waals surface area contributed by atoms with Crippen molar-refractivity contribution in [1.29, 1.82) is 0 Å². The molecule has 0 bridgehead atoms. The van der Waals surface area contributed by atoms with Gasteiger partial charge in [0, 0.05) is 25.4 Å². The molecule has 1 N–H and O–H groups in total. The lowest BCUT2D eigenvalue weighted by Gasteiger charge is -2.36. The van der Waals surface area contributed by atoms with Crippen LogP contribution in [-0.2, 0) is 0 Å². The van der Waals surface area contributed by atoms with Crippen LogP contribution in [0.2, 0.25) is 0 Å². The van der Waals surface area contributed by atoms with Gasteiger partial charge in [0.05, 0.1) is 0 Å². The SMILES string of the molecule is OCCC1CCCCN1c1ccccn1. The molecule has 82 valence electrons. The maximum absolute atomic E-state index is 9.04. The lowest BCUT2D eigenvalue weighted by atomic mass is 10.00. The molecule has 0 radical (unpaired) electrons. The lowest BCUT2D eigenvalue weighted by Crippen LogP contribution is -2.40. The summed E-state index contributed by atoms with van der Waals surface area (Å²) < 4.78 is 0.